The van der Waals surface area contributed by atoms with Crippen molar-refractivity contribution in [3.63, 3.8) is 0 Å². The third-order valence-electron chi connectivity index (χ3n) is 5.43. The number of amides is 1. The topological polar surface area (TPSA) is 112 Å². The molecule has 0 unspecified atom stereocenters. The van der Waals surface area contributed by atoms with Crippen LogP contribution in [0.4, 0.5) is 5.69 Å². The Balaban J connectivity index is 1.78. The molecule has 3 heterocycles. The molecule has 1 aromatic carbocycles. The van der Waals surface area contributed by atoms with Gasteiger partial charge in [-0.25, -0.2) is 4.79 Å². The van der Waals surface area contributed by atoms with Crippen LogP contribution in [-0.4, -0.2) is 25.2 Å². The first-order valence-corrected chi connectivity index (χ1v) is 10.5. The molecule has 1 N–H and O–H groups in total. The summed E-state index contributed by atoms with van der Waals surface area (Å²) >= 11 is 6.11. The molecule has 0 fully saturated rings. The number of carbonyl (C=O) groups is 1. The molecule has 1 aliphatic rings. The average Bonchev–Trinajstić information content (AvgIpc) is 3.01. The predicted octanol–water partition coefficient (Wildman–Crippen LogP) is 2.70. The Morgan fingerprint density at radius 1 is 1.23 bits per heavy atom. The van der Waals surface area contributed by atoms with E-state index in [1.807, 2.05) is 0 Å². The Bertz CT molecular complexity index is 1270. The van der Waals surface area contributed by atoms with Gasteiger partial charge in [-0.2, -0.15) is 4.98 Å². The van der Waals surface area contributed by atoms with Gasteiger partial charge in [-0.05, 0) is 43.9 Å². The molecule has 31 heavy (non-hydrogen) atoms. The quantitative estimate of drug-likeness (QED) is 0.663. The molecule has 0 atom stereocenters. The maximum atomic E-state index is 13.3. The number of fused-ring (bicyclic) bond motifs is 1. The molecule has 0 spiro atoms. The van der Waals surface area contributed by atoms with Crippen LogP contribution in [-0.2, 0) is 24.3 Å². The molecular weight excluding hydrogens is 422 g/mol. The summed E-state index contributed by atoms with van der Waals surface area (Å²) < 4.78 is 7.56. The molecule has 2 aromatic heterocycles. The first-order chi connectivity index (χ1) is 14.9. The highest BCUT2D eigenvalue weighted by atomic mass is 35.5. The van der Waals surface area contributed by atoms with E-state index >= 15 is 0 Å². The van der Waals surface area contributed by atoms with Gasteiger partial charge in [0.25, 0.3) is 5.56 Å². The minimum absolute atomic E-state index is 0.132. The van der Waals surface area contributed by atoms with Gasteiger partial charge in [0.15, 0.2) is 0 Å². The number of benzene rings is 1. The van der Waals surface area contributed by atoms with Crippen LogP contribution in [0, 0.1) is 13.8 Å². The van der Waals surface area contributed by atoms with Gasteiger partial charge in [-0.3, -0.25) is 18.7 Å². The van der Waals surface area contributed by atoms with Gasteiger partial charge in [0.05, 0.1) is 0 Å². The Morgan fingerprint density at radius 2 is 2.03 bits per heavy atom. The van der Waals surface area contributed by atoms with Gasteiger partial charge in [0.2, 0.25) is 17.6 Å². The first kappa shape index (κ1) is 21.0. The SMILES string of the molecule is Cc1nc(-c2c3n(c(=O)n(CC(=O)Nc4cccc(Cl)c4C)c2=O)CCCCC3)no1. The van der Waals surface area contributed by atoms with Crippen LogP contribution in [0.15, 0.2) is 32.3 Å². The molecule has 0 bridgehead atoms. The molecule has 10 heteroatoms. The maximum Gasteiger partial charge on any atom is 0.331 e. The molecule has 0 saturated heterocycles. The lowest BCUT2D eigenvalue weighted by molar-refractivity contribution is -0.116. The number of aromatic nitrogens is 4. The predicted molar refractivity (Wildman–Crippen MR) is 115 cm³/mol. The smallest absolute Gasteiger partial charge is 0.331 e. The third-order valence-corrected chi connectivity index (χ3v) is 5.83. The second-order valence-corrected chi connectivity index (χ2v) is 7.96. The van der Waals surface area contributed by atoms with Crippen molar-refractivity contribution in [3.8, 4) is 11.4 Å². The van der Waals surface area contributed by atoms with Crippen LogP contribution in [0.3, 0.4) is 0 Å². The van der Waals surface area contributed by atoms with Crippen molar-refractivity contribution in [2.75, 3.05) is 5.32 Å². The summed E-state index contributed by atoms with van der Waals surface area (Å²) in [6.45, 7) is 3.43. The van der Waals surface area contributed by atoms with E-state index < -0.39 is 23.7 Å². The lowest BCUT2D eigenvalue weighted by atomic mass is 10.1. The summed E-state index contributed by atoms with van der Waals surface area (Å²) in [6.07, 6.45) is 3.15. The zero-order valence-electron chi connectivity index (χ0n) is 17.3. The number of carbonyl (C=O) groups excluding carboxylic acids is 1. The molecule has 9 nitrogen and oxygen atoms in total. The molecule has 4 rings (SSSR count). The maximum absolute atomic E-state index is 13.3. The van der Waals surface area contributed by atoms with Crippen molar-refractivity contribution < 1.29 is 9.32 Å². The van der Waals surface area contributed by atoms with Gasteiger partial charge in [-0.15, -0.1) is 0 Å². The van der Waals surface area contributed by atoms with Crippen LogP contribution in [0.25, 0.3) is 11.4 Å². The van der Waals surface area contributed by atoms with Crippen molar-refractivity contribution in [1.82, 2.24) is 19.3 Å². The van der Waals surface area contributed by atoms with Crippen LogP contribution in [0.5, 0.6) is 0 Å². The number of anilines is 1. The zero-order valence-corrected chi connectivity index (χ0v) is 18.0. The van der Waals surface area contributed by atoms with Crippen molar-refractivity contribution >= 4 is 23.2 Å². The van der Waals surface area contributed by atoms with E-state index in [9.17, 15) is 14.4 Å². The monoisotopic (exact) mass is 443 g/mol. The van der Waals surface area contributed by atoms with Gasteiger partial charge >= 0.3 is 5.69 Å². The summed E-state index contributed by atoms with van der Waals surface area (Å²) in [5, 5.41) is 7.13. The largest absolute Gasteiger partial charge is 0.339 e. The number of halogens is 1. The van der Waals surface area contributed by atoms with Gasteiger partial charge in [0.1, 0.15) is 12.1 Å². The highest BCUT2D eigenvalue weighted by Crippen LogP contribution is 2.23. The van der Waals surface area contributed by atoms with E-state index in [1.165, 1.54) is 0 Å². The van der Waals surface area contributed by atoms with Gasteiger partial charge in [-0.1, -0.05) is 29.2 Å². The van der Waals surface area contributed by atoms with E-state index in [2.05, 4.69) is 15.5 Å². The molecule has 1 amide bonds. The van der Waals surface area contributed by atoms with Crippen LogP contribution < -0.4 is 16.6 Å². The summed E-state index contributed by atoms with van der Waals surface area (Å²) in [4.78, 5) is 43.4. The second-order valence-electron chi connectivity index (χ2n) is 7.56. The third kappa shape index (κ3) is 4.05. The minimum atomic E-state index is -0.600. The average molecular weight is 444 g/mol. The highest BCUT2D eigenvalue weighted by Gasteiger charge is 2.25. The fraction of sp³-hybridized carbons (Fsp3) is 0.381. The van der Waals surface area contributed by atoms with Crippen LogP contribution >= 0.6 is 11.6 Å². The van der Waals surface area contributed by atoms with Gasteiger partial charge < -0.3 is 9.84 Å². The minimum Gasteiger partial charge on any atom is -0.339 e. The number of rotatable bonds is 4. The van der Waals surface area contributed by atoms with Crippen LogP contribution in [0.2, 0.25) is 5.02 Å². The number of nitrogens with zero attached hydrogens (tertiary/aromatic N) is 4. The lowest BCUT2D eigenvalue weighted by Gasteiger charge is -2.16. The molecular formula is C21H22ClN5O4. The molecule has 0 radical (unpaired) electrons. The standard InChI is InChI=1S/C21H22ClN5O4/c1-12-14(22)7-6-8-15(12)24-17(28)11-27-20(29)18(19-23-13(2)31-25-19)16-9-4-3-5-10-26(16)21(27)30/h6-8H,3-5,9-11H2,1-2H3,(H,24,28). The van der Waals surface area contributed by atoms with Crippen molar-refractivity contribution in [2.45, 2.75) is 52.6 Å². The number of aryl methyl sites for hydroxylation is 1. The molecule has 0 aliphatic carbocycles. The number of hydrogen-bond donors (Lipinski definition) is 1. The van der Waals surface area contributed by atoms with E-state index in [1.54, 1.807) is 36.6 Å². The zero-order chi connectivity index (χ0) is 22.1. The van der Waals surface area contributed by atoms with E-state index in [0.29, 0.717) is 40.8 Å². The van der Waals surface area contributed by atoms with Crippen molar-refractivity contribution in [3.05, 3.63) is 61.2 Å². The van der Waals surface area contributed by atoms with Gasteiger partial charge in [0, 0.05) is 29.9 Å². The highest BCUT2D eigenvalue weighted by molar-refractivity contribution is 6.31. The van der Waals surface area contributed by atoms with E-state index in [4.69, 9.17) is 16.1 Å². The first-order valence-electron chi connectivity index (χ1n) is 10.1. The van der Waals surface area contributed by atoms with Crippen molar-refractivity contribution in [2.24, 2.45) is 0 Å². The van der Waals surface area contributed by atoms with Crippen molar-refractivity contribution in [1.29, 1.82) is 0 Å². The Hall–Kier alpha value is -3.20. The summed E-state index contributed by atoms with van der Waals surface area (Å²) in [5.41, 5.74) is 0.919. The second kappa shape index (κ2) is 8.50. The van der Waals surface area contributed by atoms with Crippen LogP contribution in [0.1, 0.15) is 36.4 Å². The number of nitrogens with one attached hydrogen (secondary N) is 1. The lowest BCUT2D eigenvalue weighted by Crippen LogP contribution is -2.44. The summed E-state index contributed by atoms with van der Waals surface area (Å²) in [6, 6.07) is 5.14. The normalized spacial score (nSPS) is 13.5. The number of hydrogen-bond acceptors (Lipinski definition) is 6. The fourth-order valence-corrected chi connectivity index (χ4v) is 3.99. The summed E-state index contributed by atoms with van der Waals surface area (Å²) in [7, 11) is 0. The summed E-state index contributed by atoms with van der Waals surface area (Å²) in [5.74, 6) is -0.0596. The molecule has 1 aliphatic heterocycles. The van der Waals surface area contributed by atoms with E-state index in [0.717, 1.165) is 23.8 Å². The van der Waals surface area contributed by atoms with E-state index in [-0.39, 0.29) is 11.4 Å². The molecule has 3 aromatic rings. The fourth-order valence-electron chi connectivity index (χ4n) is 3.81. The molecule has 162 valence electrons. The Kier molecular flexibility index (Phi) is 5.77. The Labute approximate surface area is 182 Å². The molecule has 0 saturated carbocycles. The Morgan fingerprint density at radius 3 is 2.77 bits per heavy atom.